The molecule has 5 rings (SSSR count). The van der Waals surface area contributed by atoms with Crippen LogP contribution in [0.15, 0.2) is 54.6 Å². The maximum Gasteiger partial charge on any atom is 0.252 e. The molecule has 1 aromatic heterocycles. The molecule has 0 saturated heterocycles. The largest absolute Gasteiger partial charge is 0.349 e. The van der Waals surface area contributed by atoms with Gasteiger partial charge >= 0.3 is 0 Å². The van der Waals surface area contributed by atoms with Crippen molar-refractivity contribution >= 4 is 28.4 Å². The molecule has 3 nitrogen and oxygen atoms in total. The van der Waals surface area contributed by atoms with E-state index in [0.29, 0.717) is 16.5 Å². The molecule has 2 bridgehead atoms. The number of nitrogens with one attached hydrogen (secondary N) is 1. The summed E-state index contributed by atoms with van der Waals surface area (Å²) in [5, 5.41) is 4.82. The predicted octanol–water partition coefficient (Wildman–Crippen LogP) is 6.11. The molecule has 1 heterocycles. The van der Waals surface area contributed by atoms with Crippen molar-refractivity contribution in [1.29, 1.82) is 0 Å². The number of carbonyl (C=O) groups is 1. The summed E-state index contributed by atoms with van der Waals surface area (Å²) in [5.74, 6) is 2.24. The summed E-state index contributed by atoms with van der Waals surface area (Å²) in [4.78, 5) is 18.1. The Balaban J connectivity index is 1.50. The number of hydrogen-bond donors (Lipinski definition) is 1. The SMILES string of the molecule is CC(NC(=O)c1cc(-c2ccccc2Cl)nc2ccccc12)C1CC2CCC1C2. The van der Waals surface area contributed by atoms with E-state index in [-0.39, 0.29) is 11.9 Å². The van der Waals surface area contributed by atoms with Gasteiger partial charge in [0.2, 0.25) is 0 Å². The van der Waals surface area contributed by atoms with Gasteiger partial charge in [-0.1, -0.05) is 54.4 Å². The lowest BCUT2D eigenvalue weighted by Gasteiger charge is -2.28. The smallest absolute Gasteiger partial charge is 0.252 e. The van der Waals surface area contributed by atoms with Gasteiger partial charge in [0, 0.05) is 22.0 Å². The quantitative estimate of drug-likeness (QED) is 0.570. The van der Waals surface area contributed by atoms with Crippen molar-refractivity contribution in [3.05, 3.63) is 65.2 Å². The van der Waals surface area contributed by atoms with Gasteiger partial charge in [0.05, 0.1) is 16.8 Å². The van der Waals surface area contributed by atoms with Crippen molar-refractivity contribution in [1.82, 2.24) is 10.3 Å². The average Bonchev–Trinajstić information content (AvgIpc) is 3.37. The van der Waals surface area contributed by atoms with E-state index >= 15 is 0 Å². The van der Waals surface area contributed by atoms with E-state index in [1.807, 2.05) is 54.6 Å². The van der Waals surface area contributed by atoms with Crippen LogP contribution < -0.4 is 5.32 Å². The Morgan fingerprint density at radius 3 is 2.66 bits per heavy atom. The molecule has 2 aromatic carbocycles. The highest BCUT2D eigenvalue weighted by molar-refractivity contribution is 6.33. The molecule has 1 amide bonds. The summed E-state index contributed by atoms with van der Waals surface area (Å²) in [5.41, 5.74) is 3.05. The topological polar surface area (TPSA) is 42.0 Å². The van der Waals surface area contributed by atoms with Gasteiger partial charge in [0.1, 0.15) is 0 Å². The minimum absolute atomic E-state index is 0.0211. The molecule has 2 aliphatic carbocycles. The Morgan fingerprint density at radius 1 is 1.10 bits per heavy atom. The monoisotopic (exact) mass is 404 g/mol. The van der Waals surface area contributed by atoms with E-state index in [1.165, 1.54) is 25.7 Å². The van der Waals surface area contributed by atoms with E-state index in [9.17, 15) is 4.79 Å². The molecule has 2 aliphatic rings. The van der Waals surface area contributed by atoms with Crippen LogP contribution in [0.1, 0.15) is 43.0 Å². The molecular formula is C25H25ClN2O. The Bertz CT molecular complexity index is 1080. The zero-order valence-electron chi connectivity index (χ0n) is 16.6. The van der Waals surface area contributed by atoms with Gasteiger partial charge in [-0.3, -0.25) is 4.79 Å². The highest BCUT2D eigenvalue weighted by Crippen LogP contribution is 2.49. The Morgan fingerprint density at radius 2 is 1.90 bits per heavy atom. The van der Waals surface area contributed by atoms with Crippen molar-refractivity contribution in [2.24, 2.45) is 17.8 Å². The standard InChI is InChI=1S/C25H25ClN2O/c1-15(20-13-16-10-11-17(20)12-16)27-25(29)21-14-24(19-7-2-4-8-22(19)26)28-23-9-5-3-6-18(21)23/h2-9,14-17,20H,10-13H2,1H3,(H,27,29). The summed E-state index contributed by atoms with van der Waals surface area (Å²) in [7, 11) is 0. The lowest BCUT2D eigenvalue weighted by molar-refractivity contribution is 0.0917. The molecule has 4 unspecified atom stereocenters. The van der Waals surface area contributed by atoms with E-state index in [4.69, 9.17) is 16.6 Å². The first-order chi connectivity index (χ1) is 14.1. The summed E-state index contributed by atoms with van der Waals surface area (Å²) >= 11 is 6.41. The van der Waals surface area contributed by atoms with Crippen molar-refractivity contribution in [3.63, 3.8) is 0 Å². The molecule has 4 atom stereocenters. The molecule has 0 spiro atoms. The van der Waals surface area contributed by atoms with Crippen LogP contribution in [0.4, 0.5) is 0 Å². The fourth-order valence-corrected chi connectivity index (χ4v) is 5.70. The fraction of sp³-hybridized carbons (Fsp3) is 0.360. The first-order valence-corrected chi connectivity index (χ1v) is 10.9. The zero-order chi connectivity index (χ0) is 20.0. The Kier molecular flexibility index (Phi) is 4.79. The zero-order valence-corrected chi connectivity index (χ0v) is 17.3. The molecule has 0 aliphatic heterocycles. The van der Waals surface area contributed by atoms with Gasteiger partial charge in [0.15, 0.2) is 0 Å². The minimum Gasteiger partial charge on any atom is -0.349 e. The molecule has 2 saturated carbocycles. The number of halogens is 1. The molecule has 29 heavy (non-hydrogen) atoms. The molecule has 1 N–H and O–H groups in total. The molecule has 2 fully saturated rings. The number of aromatic nitrogens is 1. The number of hydrogen-bond acceptors (Lipinski definition) is 2. The normalized spacial score (nSPS) is 24.0. The summed E-state index contributed by atoms with van der Waals surface area (Å²) in [6.07, 6.45) is 5.30. The number of carbonyl (C=O) groups excluding carboxylic acids is 1. The lowest BCUT2D eigenvalue weighted by atomic mass is 9.84. The van der Waals surface area contributed by atoms with Crippen LogP contribution in [0.2, 0.25) is 5.02 Å². The third kappa shape index (κ3) is 3.42. The molecule has 0 radical (unpaired) electrons. The second-order valence-electron chi connectivity index (χ2n) is 8.65. The number of amides is 1. The van der Waals surface area contributed by atoms with Crippen LogP contribution in [0, 0.1) is 17.8 Å². The van der Waals surface area contributed by atoms with Crippen LogP contribution in [0.5, 0.6) is 0 Å². The van der Waals surface area contributed by atoms with Crippen molar-refractivity contribution in [2.75, 3.05) is 0 Å². The van der Waals surface area contributed by atoms with Crippen molar-refractivity contribution < 1.29 is 4.79 Å². The number of para-hydroxylation sites is 1. The summed E-state index contributed by atoms with van der Waals surface area (Å²) in [6, 6.07) is 17.5. The van der Waals surface area contributed by atoms with Crippen LogP contribution in [0.3, 0.4) is 0 Å². The van der Waals surface area contributed by atoms with Crippen LogP contribution in [-0.4, -0.2) is 16.9 Å². The number of rotatable bonds is 4. The third-order valence-electron chi connectivity index (χ3n) is 6.90. The first-order valence-electron chi connectivity index (χ1n) is 10.6. The van der Waals surface area contributed by atoms with Gasteiger partial charge in [0.25, 0.3) is 5.91 Å². The van der Waals surface area contributed by atoms with Crippen LogP contribution in [0.25, 0.3) is 22.2 Å². The van der Waals surface area contributed by atoms with E-state index in [2.05, 4.69) is 12.2 Å². The maximum atomic E-state index is 13.3. The Hall–Kier alpha value is -2.39. The van der Waals surface area contributed by atoms with Gasteiger partial charge in [-0.15, -0.1) is 0 Å². The molecular weight excluding hydrogens is 380 g/mol. The Labute approximate surface area is 176 Å². The van der Waals surface area contributed by atoms with Gasteiger partial charge < -0.3 is 5.32 Å². The number of pyridine rings is 1. The number of benzene rings is 2. The number of fused-ring (bicyclic) bond motifs is 3. The molecule has 148 valence electrons. The van der Waals surface area contributed by atoms with Gasteiger partial charge in [-0.25, -0.2) is 4.98 Å². The van der Waals surface area contributed by atoms with E-state index < -0.39 is 0 Å². The van der Waals surface area contributed by atoms with Crippen LogP contribution in [-0.2, 0) is 0 Å². The van der Waals surface area contributed by atoms with Crippen molar-refractivity contribution in [2.45, 2.75) is 38.6 Å². The average molecular weight is 405 g/mol. The maximum absolute atomic E-state index is 13.3. The highest BCUT2D eigenvalue weighted by atomic mass is 35.5. The second-order valence-corrected chi connectivity index (χ2v) is 9.06. The van der Waals surface area contributed by atoms with Gasteiger partial charge in [-0.2, -0.15) is 0 Å². The van der Waals surface area contributed by atoms with Gasteiger partial charge in [-0.05, 0) is 62.1 Å². The lowest BCUT2D eigenvalue weighted by Crippen LogP contribution is -2.40. The summed E-state index contributed by atoms with van der Waals surface area (Å²) < 4.78 is 0. The third-order valence-corrected chi connectivity index (χ3v) is 7.23. The predicted molar refractivity (Wildman–Crippen MR) is 118 cm³/mol. The molecule has 4 heteroatoms. The van der Waals surface area contributed by atoms with Crippen molar-refractivity contribution in [3.8, 4) is 11.3 Å². The minimum atomic E-state index is -0.0211. The number of nitrogens with zero attached hydrogens (tertiary/aromatic N) is 1. The fourth-order valence-electron chi connectivity index (χ4n) is 5.47. The first kappa shape index (κ1) is 18.6. The summed E-state index contributed by atoms with van der Waals surface area (Å²) in [6.45, 7) is 2.17. The van der Waals surface area contributed by atoms with Crippen LogP contribution >= 0.6 is 11.6 Å². The van der Waals surface area contributed by atoms with E-state index in [1.54, 1.807) is 0 Å². The second kappa shape index (κ2) is 7.46. The van der Waals surface area contributed by atoms with E-state index in [0.717, 1.165) is 34.0 Å². The molecule has 3 aromatic rings. The highest BCUT2D eigenvalue weighted by Gasteiger charge is 2.42.